The second-order valence-corrected chi connectivity index (χ2v) is 4.94. The number of hydrogen-bond acceptors (Lipinski definition) is 2. The lowest BCUT2D eigenvalue weighted by molar-refractivity contribution is -0.137. The minimum Gasteiger partial charge on any atom is -0.244 e. The topological polar surface area (TPSA) is 30.7 Å². The van der Waals surface area contributed by atoms with Crippen LogP contribution in [0.25, 0.3) is 11.0 Å². The third kappa shape index (κ3) is 2.05. The Morgan fingerprint density at radius 2 is 2.06 bits per heavy atom. The third-order valence-electron chi connectivity index (χ3n) is 3.04. The van der Waals surface area contributed by atoms with Gasteiger partial charge in [0.15, 0.2) is 0 Å². The van der Waals surface area contributed by atoms with Crippen molar-refractivity contribution >= 4 is 22.6 Å². The van der Waals surface area contributed by atoms with Gasteiger partial charge in [0.05, 0.1) is 16.1 Å². The predicted molar refractivity (Wildman–Crippen MR) is 60.3 cm³/mol. The van der Waals surface area contributed by atoms with Crippen molar-refractivity contribution in [2.24, 2.45) is 5.92 Å². The summed E-state index contributed by atoms with van der Waals surface area (Å²) in [4.78, 5) is 0. The van der Waals surface area contributed by atoms with E-state index in [4.69, 9.17) is 11.6 Å². The molecule has 0 bridgehead atoms. The molecule has 3 nitrogen and oxygen atoms in total. The van der Waals surface area contributed by atoms with E-state index in [1.54, 1.807) is 4.68 Å². The van der Waals surface area contributed by atoms with Crippen LogP contribution in [-0.2, 0) is 12.7 Å². The number of aromatic nitrogens is 3. The van der Waals surface area contributed by atoms with Gasteiger partial charge in [-0.25, -0.2) is 4.68 Å². The first-order chi connectivity index (χ1) is 8.45. The maximum Gasteiger partial charge on any atom is 0.417 e. The van der Waals surface area contributed by atoms with E-state index in [1.807, 2.05) is 0 Å². The number of fused-ring (bicyclic) bond motifs is 1. The van der Waals surface area contributed by atoms with Gasteiger partial charge in [0, 0.05) is 6.54 Å². The summed E-state index contributed by atoms with van der Waals surface area (Å²) in [7, 11) is 0. The summed E-state index contributed by atoms with van der Waals surface area (Å²) in [5.74, 6) is 0.566. The van der Waals surface area contributed by atoms with Gasteiger partial charge in [-0.15, -0.1) is 5.10 Å². The van der Waals surface area contributed by atoms with Crippen LogP contribution >= 0.6 is 11.6 Å². The number of hydrogen-bond donors (Lipinski definition) is 0. The molecule has 2 aromatic rings. The Bertz CT molecular complexity index is 601. The SMILES string of the molecule is FC(F)(F)c1cc2nnn(CC3CC3)c2cc1Cl. The van der Waals surface area contributed by atoms with Crippen LogP contribution < -0.4 is 0 Å². The lowest BCUT2D eigenvalue weighted by atomic mass is 10.2. The third-order valence-corrected chi connectivity index (χ3v) is 3.35. The maximum absolute atomic E-state index is 12.7. The zero-order valence-corrected chi connectivity index (χ0v) is 9.96. The van der Waals surface area contributed by atoms with Gasteiger partial charge < -0.3 is 0 Å². The van der Waals surface area contributed by atoms with Crippen LogP contribution in [0.15, 0.2) is 12.1 Å². The molecule has 1 aromatic heterocycles. The Morgan fingerprint density at radius 3 is 2.67 bits per heavy atom. The fourth-order valence-electron chi connectivity index (χ4n) is 1.89. The van der Waals surface area contributed by atoms with E-state index in [1.165, 1.54) is 6.07 Å². The molecule has 1 heterocycles. The van der Waals surface area contributed by atoms with Crippen LogP contribution in [0.3, 0.4) is 0 Å². The van der Waals surface area contributed by atoms with Gasteiger partial charge in [0.25, 0.3) is 0 Å². The van der Waals surface area contributed by atoms with Crippen LogP contribution in [0.2, 0.25) is 5.02 Å². The molecule has 0 atom stereocenters. The second-order valence-electron chi connectivity index (χ2n) is 4.53. The van der Waals surface area contributed by atoms with Crippen molar-refractivity contribution in [3.8, 4) is 0 Å². The molecule has 0 amide bonds. The van der Waals surface area contributed by atoms with Crippen LogP contribution in [0, 0.1) is 5.92 Å². The molecule has 0 radical (unpaired) electrons. The predicted octanol–water partition coefficient (Wildman–Crippen LogP) is 3.51. The van der Waals surface area contributed by atoms with Crippen molar-refractivity contribution in [2.45, 2.75) is 25.6 Å². The molecule has 0 saturated heterocycles. The van der Waals surface area contributed by atoms with Gasteiger partial charge in [-0.05, 0) is 30.9 Å². The summed E-state index contributed by atoms with van der Waals surface area (Å²) >= 11 is 5.68. The summed E-state index contributed by atoms with van der Waals surface area (Å²) in [6, 6.07) is 2.25. The highest BCUT2D eigenvalue weighted by Crippen LogP contribution is 2.37. The van der Waals surface area contributed by atoms with E-state index in [0.29, 0.717) is 18.0 Å². The molecule has 3 rings (SSSR count). The van der Waals surface area contributed by atoms with Crippen molar-refractivity contribution in [3.63, 3.8) is 0 Å². The molecular formula is C11H9ClF3N3. The molecule has 1 saturated carbocycles. The monoisotopic (exact) mass is 275 g/mol. The van der Waals surface area contributed by atoms with E-state index in [-0.39, 0.29) is 10.5 Å². The Hall–Kier alpha value is -1.30. The van der Waals surface area contributed by atoms with Gasteiger partial charge in [0.2, 0.25) is 0 Å². The zero-order valence-electron chi connectivity index (χ0n) is 9.21. The molecule has 1 aliphatic rings. The van der Waals surface area contributed by atoms with Crippen LogP contribution in [0.1, 0.15) is 18.4 Å². The smallest absolute Gasteiger partial charge is 0.244 e. The second kappa shape index (κ2) is 3.85. The number of halogens is 4. The Kier molecular flexibility index (Phi) is 2.52. The molecular weight excluding hydrogens is 267 g/mol. The van der Waals surface area contributed by atoms with Gasteiger partial charge in [-0.2, -0.15) is 13.2 Å². The normalized spacial score (nSPS) is 16.4. The summed E-state index contributed by atoms with van der Waals surface area (Å²) in [6.45, 7) is 0.693. The minimum absolute atomic E-state index is 0.229. The summed E-state index contributed by atoms with van der Waals surface area (Å²) < 4.78 is 39.6. The molecule has 7 heteroatoms. The van der Waals surface area contributed by atoms with Crippen molar-refractivity contribution in [1.29, 1.82) is 0 Å². The standard InChI is InChI=1S/C11H9ClF3N3/c12-8-4-10-9(3-7(8)11(13,14)15)16-17-18(10)5-6-1-2-6/h3-4,6H,1-2,5H2. The number of benzene rings is 1. The Balaban J connectivity index is 2.08. The molecule has 0 spiro atoms. The zero-order chi connectivity index (χ0) is 12.9. The molecule has 1 fully saturated rings. The first-order valence-corrected chi connectivity index (χ1v) is 5.93. The lowest BCUT2D eigenvalue weighted by Crippen LogP contribution is -2.06. The molecule has 18 heavy (non-hydrogen) atoms. The molecule has 1 aromatic carbocycles. The number of nitrogens with zero attached hydrogens (tertiary/aromatic N) is 3. The quantitative estimate of drug-likeness (QED) is 0.840. The first-order valence-electron chi connectivity index (χ1n) is 5.55. The lowest BCUT2D eigenvalue weighted by Gasteiger charge is -2.08. The van der Waals surface area contributed by atoms with E-state index >= 15 is 0 Å². The van der Waals surface area contributed by atoms with Gasteiger partial charge >= 0.3 is 6.18 Å². The Labute approximate surface area is 106 Å². The molecule has 0 unspecified atom stereocenters. The molecule has 0 N–H and O–H groups in total. The molecule has 1 aliphatic carbocycles. The van der Waals surface area contributed by atoms with Crippen molar-refractivity contribution in [1.82, 2.24) is 15.0 Å². The van der Waals surface area contributed by atoms with Crippen LogP contribution in [-0.4, -0.2) is 15.0 Å². The summed E-state index contributed by atoms with van der Waals surface area (Å²) in [5.41, 5.74) is -0.0811. The van der Waals surface area contributed by atoms with E-state index in [9.17, 15) is 13.2 Å². The van der Waals surface area contributed by atoms with E-state index < -0.39 is 11.7 Å². The van der Waals surface area contributed by atoms with E-state index in [2.05, 4.69) is 10.3 Å². The maximum atomic E-state index is 12.7. The molecule has 0 aliphatic heterocycles. The Morgan fingerprint density at radius 1 is 1.33 bits per heavy atom. The van der Waals surface area contributed by atoms with Crippen molar-refractivity contribution in [2.75, 3.05) is 0 Å². The average Bonchev–Trinajstić information content (AvgIpc) is 2.99. The van der Waals surface area contributed by atoms with Crippen molar-refractivity contribution in [3.05, 3.63) is 22.7 Å². The fraction of sp³-hybridized carbons (Fsp3) is 0.455. The average molecular weight is 276 g/mol. The van der Waals surface area contributed by atoms with Crippen LogP contribution in [0.5, 0.6) is 0 Å². The largest absolute Gasteiger partial charge is 0.417 e. The summed E-state index contributed by atoms with van der Waals surface area (Å²) in [6.07, 6.45) is -2.20. The van der Waals surface area contributed by atoms with Gasteiger partial charge in [0.1, 0.15) is 5.52 Å². The number of alkyl halides is 3. The van der Waals surface area contributed by atoms with Gasteiger partial charge in [-0.1, -0.05) is 16.8 Å². The van der Waals surface area contributed by atoms with Gasteiger partial charge in [-0.3, -0.25) is 0 Å². The molecule has 96 valence electrons. The summed E-state index contributed by atoms with van der Waals surface area (Å²) in [5, 5.41) is 7.34. The number of rotatable bonds is 2. The minimum atomic E-state index is -4.47. The van der Waals surface area contributed by atoms with Crippen molar-refractivity contribution < 1.29 is 13.2 Å². The highest BCUT2D eigenvalue weighted by atomic mass is 35.5. The highest BCUT2D eigenvalue weighted by molar-refractivity contribution is 6.32. The highest BCUT2D eigenvalue weighted by Gasteiger charge is 2.34. The first kappa shape index (κ1) is 11.8. The van der Waals surface area contributed by atoms with E-state index in [0.717, 1.165) is 18.9 Å². The fourth-order valence-corrected chi connectivity index (χ4v) is 2.15. The van der Waals surface area contributed by atoms with Crippen LogP contribution in [0.4, 0.5) is 13.2 Å².